The second-order valence-corrected chi connectivity index (χ2v) is 8.67. The Hall–Kier alpha value is -2.48. The third-order valence-corrected chi connectivity index (χ3v) is 6.30. The fraction of sp³-hybridized carbons (Fsp3) is 0.227. The van der Waals surface area contributed by atoms with Gasteiger partial charge in [0.25, 0.3) is 0 Å². The van der Waals surface area contributed by atoms with Crippen LogP contribution in [0.25, 0.3) is 0 Å². The van der Waals surface area contributed by atoms with E-state index in [0.717, 1.165) is 11.1 Å². The molecule has 1 N–H and O–H groups in total. The van der Waals surface area contributed by atoms with Crippen molar-refractivity contribution in [2.45, 2.75) is 30.8 Å². The highest BCUT2D eigenvalue weighted by molar-refractivity contribution is 7.98. The molecule has 2 aromatic carbocycles. The number of benzene rings is 2. The van der Waals surface area contributed by atoms with Gasteiger partial charge in [0.15, 0.2) is 0 Å². The average Bonchev–Trinajstić information content (AvgIpc) is 3.14. The molecule has 31 heavy (non-hydrogen) atoms. The molecule has 0 saturated heterocycles. The van der Waals surface area contributed by atoms with Crippen LogP contribution in [0.15, 0.2) is 65.0 Å². The molecule has 0 bridgehead atoms. The summed E-state index contributed by atoms with van der Waals surface area (Å²) in [6.07, 6.45) is 0. The van der Waals surface area contributed by atoms with E-state index in [1.54, 1.807) is 17.7 Å². The Morgan fingerprint density at radius 2 is 2.03 bits per heavy atom. The molecule has 1 atom stereocenters. The molecule has 6 nitrogen and oxygen atoms in total. The monoisotopic (exact) mass is 474 g/mol. The van der Waals surface area contributed by atoms with E-state index in [4.69, 9.17) is 27.9 Å². The van der Waals surface area contributed by atoms with Crippen molar-refractivity contribution in [3.05, 3.63) is 81.0 Å². The fourth-order valence-electron chi connectivity index (χ4n) is 3.41. The van der Waals surface area contributed by atoms with Crippen LogP contribution in [0.2, 0.25) is 10.0 Å². The van der Waals surface area contributed by atoms with Crippen molar-refractivity contribution in [1.29, 1.82) is 0 Å². The molecule has 4 rings (SSSR count). The van der Waals surface area contributed by atoms with Crippen molar-refractivity contribution >= 4 is 46.9 Å². The summed E-state index contributed by atoms with van der Waals surface area (Å²) in [7, 11) is 0. The van der Waals surface area contributed by atoms with Gasteiger partial charge in [-0.25, -0.2) is 9.48 Å². The van der Waals surface area contributed by atoms with E-state index in [-0.39, 0.29) is 6.61 Å². The molecule has 0 radical (unpaired) electrons. The Bertz CT molecular complexity index is 1160. The van der Waals surface area contributed by atoms with Gasteiger partial charge in [-0.15, -0.1) is 5.10 Å². The Morgan fingerprint density at radius 1 is 1.23 bits per heavy atom. The van der Waals surface area contributed by atoms with Crippen LogP contribution in [0.5, 0.6) is 0 Å². The van der Waals surface area contributed by atoms with Gasteiger partial charge in [0.2, 0.25) is 11.1 Å². The van der Waals surface area contributed by atoms with Crippen LogP contribution in [0.4, 0.5) is 5.95 Å². The van der Waals surface area contributed by atoms with Crippen LogP contribution >= 0.6 is 35.0 Å². The molecule has 0 aliphatic carbocycles. The molecule has 1 aliphatic rings. The quantitative estimate of drug-likeness (QED) is 0.363. The average molecular weight is 475 g/mol. The van der Waals surface area contributed by atoms with E-state index in [2.05, 4.69) is 15.4 Å². The number of carbonyl (C=O) groups excluding carboxylic acids is 1. The number of ether oxygens (including phenoxy) is 1. The Balaban J connectivity index is 1.71. The number of carbonyl (C=O) groups is 1. The summed E-state index contributed by atoms with van der Waals surface area (Å²) in [5, 5.41) is 9.73. The number of halogens is 2. The normalized spacial score (nSPS) is 15.4. The number of nitrogens with one attached hydrogen (secondary N) is 1. The molecule has 0 amide bonds. The fourth-order valence-corrected chi connectivity index (χ4v) is 4.72. The summed E-state index contributed by atoms with van der Waals surface area (Å²) >= 11 is 14.0. The first kappa shape index (κ1) is 21.7. The summed E-state index contributed by atoms with van der Waals surface area (Å²) in [6, 6.07) is 14.6. The van der Waals surface area contributed by atoms with Crippen LogP contribution < -0.4 is 5.32 Å². The second-order valence-electron chi connectivity index (χ2n) is 6.88. The van der Waals surface area contributed by atoms with Crippen molar-refractivity contribution in [1.82, 2.24) is 14.8 Å². The number of hydrogen-bond acceptors (Lipinski definition) is 6. The lowest BCUT2D eigenvalue weighted by Gasteiger charge is -2.28. The van der Waals surface area contributed by atoms with E-state index in [9.17, 15) is 4.79 Å². The molecule has 0 saturated carbocycles. The molecule has 2 heterocycles. The number of anilines is 1. The summed E-state index contributed by atoms with van der Waals surface area (Å²) in [5.41, 5.74) is 2.98. The third-order valence-electron chi connectivity index (χ3n) is 4.81. The van der Waals surface area contributed by atoms with E-state index in [1.807, 2.05) is 49.4 Å². The zero-order valence-electron chi connectivity index (χ0n) is 16.9. The molecular formula is C22H20Cl2N4O2S. The smallest absolute Gasteiger partial charge is 0.338 e. The highest BCUT2D eigenvalue weighted by atomic mass is 35.5. The minimum absolute atomic E-state index is 0.279. The van der Waals surface area contributed by atoms with E-state index >= 15 is 0 Å². The number of hydrogen-bond donors (Lipinski definition) is 1. The largest absolute Gasteiger partial charge is 0.463 e. The maximum Gasteiger partial charge on any atom is 0.338 e. The first-order valence-corrected chi connectivity index (χ1v) is 11.4. The topological polar surface area (TPSA) is 69.0 Å². The molecule has 9 heteroatoms. The van der Waals surface area contributed by atoms with Gasteiger partial charge in [-0.3, -0.25) is 0 Å². The Morgan fingerprint density at radius 3 is 2.77 bits per heavy atom. The maximum absolute atomic E-state index is 12.8. The predicted molar refractivity (Wildman–Crippen MR) is 124 cm³/mol. The lowest BCUT2D eigenvalue weighted by atomic mass is 9.96. The van der Waals surface area contributed by atoms with Crippen molar-refractivity contribution in [3.63, 3.8) is 0 Å². The highest BCUT2D eigenvalue weighted by Crippen LogP contribution is 2.37. The molecule has 1 unspecified atom stereocenters. The Labute approximate surface area is 194 Å². The van der Waals surface area contributed by atoms with Crippen LogP contribution in [0, 0.1) is 0 Å². The SMILES string of the molecule is CCOC(=O)C1=C(C)Nc2nc(SCc3ccccc3Cl)nn2C1c1cccc(Cl)c1. The van der Waals surface area contributed by atoms with Gasteiger partial charge >= 0.3 is 5.97 Å². The van der Waals surface area contributed by atoms with E-state index in [1.165, 1.54) is 11.8 Å². The van der Waals surface area contributed by atoms with Gasteiger partial charge in [0.05, 0.1) is 12.2 Å². The zero-order chi connectivity index (χ0) is 22.0. The van der Waals surface area contributed by atoms with Crippen LogP contribution in [-0.2, 0) is 15.3 Å². The standard InChI is InChI=1S/C22H20Cl2N4O2S/c1-3-30-20(29)18-13(2)25-21-26-22(31-12-15-7-4-5-10-17(15)24)27-28(21)19(18)14-8-6-9-16(23)11-14/h4-11,19H,3,12H2,1-2H3,(H,25,26,27). The molecule has 160 valence electrons. The number of rotatable bonds is 6. The number of thioether (sulfide) groups is 1. The van der Waals surface area contributed by atoms with E-state index in [0.29, 0.717) is 38.2 Å². The number of allylic oxidation sites excluding steroid dienone is 1. The molecule has 1 aliphatic heterocycles. The van der Waals surface area contributed by atoms with Crippen LogP contribution in [0.1, 0.15) is 31.0 Å². The minimum atomic E-state index is -0.504. The summed E-state index contributed by atoms with van der Waals surface area (Å²) in [5.74, 6) is 0.781. The Kier molecular flexibility index (Phi) is 6.55. The molecule has 0 spiro atoms. The van der Waals surface area contributed by atoms with Gasteiger partial charge in [-0.2, -0.15) is 4.98 Å². The van der Waals surface area contributed by atoms with Crippen molar-refractivity contribution in [2.24, 2.45) is 0 Å². The summed E-state index contributed by atoms with van der Waals surface area (Å²) in [4.78, 5) is 17.4. The molecular weight excluding hydrogens is 455 g/mol. The van der Waals surface area contributed by atoms with Crippen molar-refractivity contribution < 1.29 is 9.53 Å². The van der Waals surface area contributed by atoms with Gasteiger partial charge in [-0.1, -0.05) is 65.3 Å². The number of aromatic nitrogens is 3. The van der Waals surface area contributed by atoms with Gasteiger partial charge in [0.1, 0.15) is 6.04 Å². The predicted octanol–water partition coefficient (Wildman–Crippen LogP) is 5.73. The summed E-state index contributed by atoms with van der Waals surface area (Å²) in [6.45, 7) is 3.89. The number of fused-ring (bicyclic) bond motifs is 1. The third kappa shape index (κ3) is 4.59. The second kappa shape index (κ2) is 9.34. The maximum atomic E-state index is 12.8. The minimum Gasteiger partial charge on any atom is -0.463 e. The lowest BCUT2D eigenvalue weighted by Crippen LogP contribution is -2.29. The van der Waals surface area contributed by atoms with Crippen LogP contribution in [-0.4, -0.2) is 27.3 Å². The highest BCUT2D eigenvalue weighted by Gasteiger charge is 2.35. The number of esters is 1. The van der Waals surface area contributed by atoms with E-state index < -0.39 is 12.0 Å². The lowest BCUT2D eigenvalue weighted by molar-refractivity contribution is -0.139. The zero-order valence-corrected chi connectivity index (χ0v) is 19.3. The van der Waals surface area contributed by atoms with Crippen molar-refractivity contribution in [3.8, 4) is 0 Å². The molecule has 0 fully saturated rings. The van der Waals surface area contributed by atoms with Gasteiger partial charge in [0, 0.05) is 21.5 Å². The van der Waals surface area contributed by atoms with Crippen LogP contribution in [0.3, 0.4) is 0 Å². The number of nitrogens with zero attached hydrogens (tertiary/aromatic N) is 3. The summed E-state index contributed by atoms with van der Waals surface area (Å²) < 4.78 is 7.03. The van der Waals surface area contributed by atoms with Crippen molar-refractivity contribution in [2.75, 3.05) is 11.9 Å². The molecule has 3 aromatic rings. The van der Waals surface area contributed by atoms with Gasteiger partial charge in [-0.05, 0) is 43.2 Å². The first-order valence-electron chi connectivity index (χ1n) is 9.71. The van der Waals surface area contributed by atoms with Gasteiger partial charge < -0.3 is 10.1 Å². The first-order chi connectivity index (χ1) is 15.0. The molecule has 1 aromatic heterocycles.